The lowest BCUT2D eigenvalue weighted by Crippen LogP contribution is -2.49. The maximum absolute atomic E-state index is 11.2. The van der Waals surface area contributed by atoms with Crippen LogP contribution in [0.4, 0.5) is 5.69 Å². The van der Waals surface area contributed by atoms with Crippen molar-refractivity contribution in [1.82, 2.24) is 4.90 Å². The second-order valence-corrected chi connectivity index (χ2v) is 5.68. The fraction of sp³-hybridized carbons (Fsp3) is 0.533. The van der Waals surface area contributed by atoms with E-state index in [0.717, 1.165) is 45.6 Å². The van der Waals surface area contributed by atoms with Gasteiger partial charge in [0.05, 0.1) is 5.41 Å². The van der Waals surface area contributed by atoms with Crippen molar-refractivity contribution >= 4 is 11.7 Å². The lowest BCUT2D eigenvalue weighted by molar-refractivity contribution is -0.144. The molecule has 1 aromatic rings. The highest BCUT2D eigenvalue weighted by molar-refractivity contribution is 5.78. The van der Waals surface area contributed by atoms with E-state index < -0.39 is 11.4 Å². The fourth-order valence-corrected chi connectivity index (χ4v) is 2.82. The molecule has 2 aliphatic rings. The highest BCUT2D eigenvalue weighted by Gasteiger charge is 2.51. The Balaban J connectivity index is 1.54. The Bertz CT molecular complexity index is 448. The summed E-state index contributed by atoms with van der Waals surface area (Å²) in [5, 5.41) is 9.23. The number of hydrogen-bond acceptors (Lipinski definition) is 3. The number of rotatable bonds is 4. The summed E-state index contributed by atoms with van der Waals surface area (Å²) < 4.78 is 0. The minimum Gasteiger partial charge on any atom is -0.481 e. The molecular weight excluding hydrogens is 240 g/mol. The monoisotopic (exact) mass is 260 g/mol. The zero-order valence-electron chi connectivity index (χ0n) is 11.1. The van der Waals surface area contributed by atoms with Gasteiger partial charge in [0, 0.05) is 38.4 Å². The summed E-state index contributed by atoms with van der Waals surface area (Å²) in [5.41, 5.74) is 0.844. The van der Waals surface area contributed by atoms with E-state index in [4.69, 9.17) is 0 Å². The molecule has 2 fully saturated rings. The van der Waals surface area contributed by atoms with Gasteiger partial charge in [0.15, 0.2) is 0 Å². The van der Waals surface area contributed by atoms with E-state index in [2.05, 4.69) is 34.1 Å². The summed E-state index contributed by atoms with van der Waals surface area (Å²) in [6.45, 7) is 4.62. The van der Waals surface area contributed by atoms with E-state index >= 15 is 0 Å². The van der Waals surface area contributed by atoms with E-state index in [1.807, 2.05) is 6.07 Å². The molecule has 3 rings (SSSR count). The van der Waals surface area contributed by atoms with Crippen LogP contribution >= 0.6 is 0 Å². The summed E-state index contributed by atoms with van der Waals surface area (Å²) in [5.74, 6) is -0.613. The normalized spacial score (nSPS) is 22.2. The molecule has 1 aromatic carbocycles. The Labute approximate surface area is 113 Å². The fourth-order valence-electron chi connectivity index (χ4n) is 2.82. The van der Waals surface area contributed by atoms with Crippen molar-refractivity contribution in [2.75, 3.05) is 37.6 Å². The minimum atomic E-state index is -0.613. The summed E-state index contributed by atoms with van der Waals surface area (Å²) >= 11 is 0. The van der Waals surface area contributed by atoms with E-state index in [0.29, 0.717) is 0 Å². The zero-order valence-corrected chi connectivity index (χ0v) is 11.1. The van der Waals surface area contributed by atoms with Gasteiger partial charge in [-0.1, -0.05) is 18.2 Å². The predicted octanol–water partition coefficient (Wildman–Crippen LogP) is 1.67. The molecule has 0 bridgehead atoms. The van der Waals surface area contributed by atoms with Crippen LogP contribution in [0, 0.1) is 5.41 Å². The summed E-state index contributed by atoms with van der Waals surface area (Å²) in [6, 6.07) is 10.4. The van der Waals surface area contributed by atoms with E-state index in [-0.39, 0.29) is 0 Å². The number of carbonyl (C=O) groups is 1. The summed E-state index contributed by atoms with van der Waals surface area (Å²) in [7, 11) is 0. The maximum Gasteiger partial charge on any atom is 0.310 e. The largest absolute Gasteiger partial charge is 0.481 e. The first-order chi connectivity index (χ1) is 9.20. The number of carboxylic acids is 1. The number of carboxylic acid groups (broad SMARTS) is 1. The van der Waals surface area contributed by atoms with Crippen LogP contribution in [0.25, 0.3) is 0 Å². The molecule has 0 unspecified atom stereocenters. The number of piperazine rings is 1. The highest BCUT2D eigenvalue weighted by Crippen LogP contribution is 2.46. The van der Waals surface area contributed by atoms with E-state index in [9.17, 15) is 9.90 Å². The number of hydrogen-bond donors (Lipinski definition) is 1. The molecule has 102 valence electrons. The zero-order chi connectivity index (χ0) is 13.3. The number of anilines is 1. The average Bonchev–Trinajstić information content (AvgIpc) is 3.22. The third-order valence-electron chi connectivity index (χ3n) is 4.33. The van der Waals surface area contributed by atoms with Gasteiger partial charge in [-0.15, -0.1) is 0 Å². The standard InChI is InChI=1S/C15H20N2O2/c18-14(19)15(6-7-15)12-16-8-10-17(11-9-16)13-4-2-1-3-5-13/h1-5H,6-12H2,(H,18,19). The van der Waals surface area contributed by atoms with Crippen molar-refractivity contribution in [3.05, 3.63) is 30.3 Å². The van der Waals surface area contributed by atoms with Crippen LogP contribution < -0.4 is 4.90 Å². The first-order valence-electron chi connectivity index (χ1n) is 6.95. The van der Waals surface area contributed by atoms with Gasteiger partial charge in [-0.2, -0.15) is 0 Å². The molecule has 0 amide bonds. The van der Waals surface area contributed by atoms with Gasteiger partial charge in [-0.25, -0.2) is 0 Å². The first-order valence-corrected chi connectivity index (χ1v) is 6.95. The molecule has 4 heteroatoms. The molecule has 1 saturated carbocycles. The molecule has 4 nitrogen and oxygen atoms in total. The van der Waals surface area contributed by atoms with Gasteiger partial charge in [0.25, 0.3) is 0 Å². The quantitative estimate of drug-likeness (QED) is 0.894. The van der Waals surface area contributed by atoms with Gasteiger partial charge >= 0.3 is 5.97 Å². The second kappa shape index (κ2) is 4.85. The SMILES string of the molecule is O=C(O)C1(CN2CCN(c3ccccc3)CC2)CC1. The minimum absolute atomic E-state index is 0.422. The summed E-state index contributed by atoms with van der Waals surface area (Å²) in [4.78, 5) is 15.9. The maximum atomic E-state index is 11.2. The van der Waals surface area contributed by atoms with Crippen molar-refractivity contribution < 1.29 is 9.90 Å². The van der Waals surface area contributed by atoms with Crippen molar-refractivity contribution in [3.8, 4) is 0 Å². The molecule has 0 spiro atoms. The molecule has 0 radical (unpaired) electrons. The van der Waals surface area contributed by atoms with Gasteiger partial charge in [-0.3, -0.25) is 9.69 Å². The van der Waals surface area contributed by atoms with Crippen LogP contribution in [-0.2, 0) is 4.79 Å². The smallest absolute Gasteiger partial charge is 0.310 e. The van der Waals surface area contributed by atoms with Crippen LogP contribution in [0.15, 0.2) is 30.3 Å². The van der Waals surface area contributed by atoms with Crippen LogP contribution in [0.1, 0.15) is 12.8 Å². The molecular formula is C15H20N2O2. The van der Waals surface area contributed by atoms with Crippen LogP contribution in [-0.4, -0.2) is 48.7 Å². The van der Waals surface area contributed by atoms with Gasteiger partial charge in [0.2, 0.25) is 0 Å². The topological polar surface area (TPSA) is 43.8 Å². The molecule has 1 aliphatic carbocycles. The third kappa shape index (κ3) is 2.59. The Morgan fingerprint density at radius 3 is 2.26 bits per heavy atom. The third-order valence-corrected chi connectivity index (χ3v) is 4.33. The van der Waals surface area contributed by atoms with Crippen LogP contribution in [0.3, 0.4) is 0 Å². The number of para-hydroxylation sites is 1. The van der Waals surface area contributed by atoms with Crippen LogP contribution in [0.2, 0.25) is 0 Å². The van der Waals surface area contributed by atoms with Crippen LogP contribution in [0.5, 0.6) is 0 Å². The molecule has 19 heavy (non-hydrogen) atoms. The van der Waals surface area contributed by atoms with Crippen molar-refractivity contribution in [3.63, 3.8) is 0 Å². The molecule has 1 heterocycles. The molecule has 1 aliphatic heterocycles. The van der Waals surface area contributed by atoms with Crippen molar-refractivity contribution in [2.45, 2.75) is 12.8 Å². The van der Waals surface area contributed by atoms with Gasteiger partial charge in [-0.05, 0) is 25.0 Å². The number of benzene rings is 1. The van der Waals surface area contributed by atoms with Gasteiger partial charge < -0.3 is 10.0 Å². The van der Waals surface area contributed by atoms with Crippen molar-refractivity contribution in [2.24, 2.45) is 5.41 Å². The lowest BCUT2D eigenvalue weighted by atomic mass is 10.1. The van der Waals surface area contributed by atoms with E-state index in [1.165, 1.54) is 5.69 Å². The Morgan fingerprint density at radius 1 is 1.11 bits per heavy atom. The lowest BCUT2D eigenvalue weighted by Gasteiger charge is -2.37. The Hall–Kier alpha value is -1.55. The van der Waals surface area contributed by atoms with Gasteiger partial charge in [0.1, 0.15) is 0 Å². The second-order valence-electron chi connectivity index (χ2n) is 5.68. The van der Waals surface area contributed by atoms with Crippen molar-refractivity contribution in [1.29, 1.82) is 0 Å². The molecule has 1 N–H and O–H groups in total. The molecule has 0 atom stereocenters. The predicted molar refractivity (Wildman–Crippen MR) is 74.4 cm³/mol. The first kappa shape index (κ1) is 12.5. The Kier molecular flexibility index (Phi) is 3.19. The number of aliphatic carboxylic acids is 1. The molecule has 1 saturated heterocycles. The highest BCUT2D eigenvalue weighted by atomic mass is 16.4. The molecule has 0 aromatic heterocycles. The van der Waals surface area contributed by atoms with E-state index in [1.54, 1.807) is 0 Å². The Morgan fingerprint density at radius 2 is 1.74 bits per heavy atom. The summed E-state index contributed by atoms with van der Waals surface area (Å²) in [6.07, 6.45) is 1.70. The average molecular weight is 260 g/mol. The number of nitrogens with zero attached hydrogens (tertiary/aromatic N) is 2.